The van der Waals surface area contributed by atoms with E-state index in [1.807, 2.05) is 0 Å². The average molecular weight is 142 g/mol. The summed E-state index contributed by atoms with van der Waals surface area (Å²) in [6.07, 6.45) is 1.37. The van der Waals surface area contributed by atoms with Crippen LogP contribution in [0.15, 0.2) is 11.8 Å². The van der Waals surface area contributed by atoms with Gasteiger partial charge >= 0.3 is 5.97 Å². The normalized spacial score (nSPS) is 35.4. The van der Waals surface area contributed by atoms with Gasteiger partial charge in [-0.3, -0.25) is 4.79 Å². The van der Waals surface area contributed by atoms with Crippen LogP contribution in [0.25, 0.3) is 0 Å². The van der Waals surface area contributed by atoms with E-state index in [0.717, 1.165) is 0 Å². The Morgan fingerprint density at radius 1 is 1.80 bits per heavy atom. The molecule has 2 unspecified atom stereocenters. The lowest BCUT2D eigenvalue weighted by atomic mass is 10.1. The van der Waals surface area contributed by atoms with Gasteiger partial charge in [-0.2, -0.15) is 0 Å². The van der Waals surface area contributed by atoms with Gasteiger partial charge in [-0.15, -0.1) is 0 Å². The number of aliphatic carboxylic acids is 1. The molecule has 2 rings (SSSR count). The Kier molecular flexibility index (Phi) is 0.990. The van der Waals surface area contributed by atoms with Crippen molar-refractivity contribution in [2.75, 3.05) is 6.61 Å². The third kappa shape index (κ3) is 0.769. The van der Waals surface area contributed by atoms with Crippen molar-refractivity contribution in [3.05, 3.63) is 11.8 Å². The van der Waals surface area contributed by atoms with E-state index < -0.39 is 11.9 Å². The minimum Gasteiger partial charge on any atom is -0.481 e. The van der Waals surface area contributed by atoms with Crippen molar-refractivity contribution in [1.29, 1.82) is 0 Å². The maximum atomic E-state index is 10.3. The molecule has 2 heterocycles. The molecular weight excluding hydrogens is 136 g/mol. The van der Waals surface area contributed by atoms with E-state index in [9.17, 15) is 4.79 Å². The van der Waals surface area contributed by atoms with Crippen molar-refractivity contribution in [3.8, 4) is 0 Å². The van der Waals surface area contributed by atoms with Crippen molar-refractivity contribution >= 4 is 5.97 Å². The first-order valence-corrected chi connectivity index (χ1v) is 3.00. The lowest BCUT2D eigenvalue weighted by molar-refractivity contribution is -0.142. The molecule has 0 saturated carbocycles. The van der Waals surface area contributed by atoms with Gasteiger partial charge < -0.3 is 14.6 Å². The second-order valence-electron chi connectivity index (χ2n) is 2.30. The highest BCUT2D eigenvalue weighted by Gasteiger charge is 2.40. The molecule has 0 aliphatic carbocycles. The largest absolute Gasteiger partial charge is 0.481 e. The van der Waals surface area contributed by atoms with Crippen LogP contribution in [0, 0.1) is 5.92 Å². The molecule has 2 aliphatic heterocycles. The molecule has 0 radical (unpaired) electrons. The van der Waals surface area contributed by atoms with Crippen LogP contribution in [0.4, 0.5) is 0 Å². The van der Waals surface area contributed by atoms with E-state index in [1.54, 1.807) is 6.08 Å². The summed E-state index contributed by atoms with van der Waals surface area (Å²) >= 11 is 0. The number of fused-ring (bicyclic) bond motifs is 1. The van der Waals surface area contributed by atoms with Crippen LogP contribution in [-0.2, 0) is 14.3 Å². The summed E-state index contributed by atoms with van der Waals surface area (Å²) in [5.41, 5.74) is 0. The van der Waals surface area contributed by atoms with Gasteiger partial charge in [0.15, 0.2) is 5.76 Å². The smallest absolute Gasteiger partial charge is 0.312 e. The summed E-state index contributed by atoms with van der Waals surface area (Å²) in [4.78, 5) is 10.3. The van der Waals surface area contributed by atoms with E-state index in [2.05, 4.69) is 0 Å². The van der Waals surface area contributed by atoms with E-state index in [0.29, 0.717) is 5.76 Å². The monoisotopic (exact) mass is 142 g/mol. The SMILES string of the molecule is O=C(O)C1C=C2OC2OC1. The molecule has 1 saturated heterocycles. The number of carbonyl (C=O) groups is 1. The lowest BCUT2D eigenvalue weighted by Crippen LogP contribution is -2.20. The molecule has 0 bridgehead atoms. The molecular formula is C6H6O4. The van der Waals surface area contributed by atoms with E-state index >= 15 is 0 Å². The quantitative estimate of drug-likeness (QED) is 0.522. The van der Waals surface area contributed by atoms with Crippen LogP contribution in [0.5, 0.6) is 0 Å². The zero-order valence-electron chi connectivity index (χ0n) is 5.11. The number of carboxylic acids is 1. The van der Waals surface area contributed by atoms with Crippen LogP contribution >= 0.6 is 0 Å². The average Bonchev–Trinajstić information content (AvgIpc) is 2.63. The van der Waals surface area contributed by atoms with Crippen LogP contribution in [0.1, 0.15) is 0 Å². The molecule has 1 fully saturated rings. The maximum absolute atomic E-state index is 10.3. The minimum absolute atomic E-state index is 0.226. The third-order valence-electron chi connectivity index (χ3n) is 1.53. The molecule has 0 aromatic rings. The topological polar surface area (TPSA) is 59.1 Å². The fourth-order valence-electron chi connectivity index (χ4n) is 0.904. The standard InChI is InChI=1S/C6H6O4/c7-5(8)3-1-4-6(10-4)9-2-3/h1,3,6H,2H2,(H,7,8). The lowest BCUT2D eigenvalue weighted by Gasteiger charge is -2.07. The second kappa shape index (κ2) is 1.73. The molecule has 1 N–H and O–H groups in total. The van der Waals surface area contributed by atoms with Crippen molar-refractivity contribution in [2.45, 2.75) is 6.29 Å². The summed E-state index contributed by atoms with van der Waals surface area (Å²) in [6, 6.07) is 0. The Morgan fingerprint density at radius 3 is 3.20 bits per heavy atom. The zero-order chi connectivity index (χ0) is 7.14. The van der Waals surface area contributed by atoms with Crippen molar-refractivity contribution in [2.24, 2.45) is 5.92 Å². The molecule has 10 heavy (non-hydrogen) atoms. The maximum Gasteiger partial charge on any atom is 0.312 e. The van der Waals surface area contributed by atoms with Gasteiger partial charge in [-0.25, -0.2) is 0 Å². The number of ether oxygens (including phenoxy) is 2. The fourth-order valence-corrected chi connectivity index (χ4v) is 0.904. The first-order chi connectivity index (χ1) is 4.77. The van der Waals surface area contributed by atoms with Gasteiger partial charge in [0, 0.05) is 0 Å². The van der Waals surface area contributed by atoms with Crippen molar-refractivity contribution < 1.29 is 19.4 Å². The number of hydrogen-bond acceptors (Lipinski definition) is 3. The second-order valence-corrected chi connectivity index (χ2v) is 2.30. The van der Waals surface area contributed by atoms with E-state index in [4.69, 9.17) is 14.6 Å². The minimum atomic E-state index is -0.860. The van der Waals surface area contributed by atoms with Crippen LogP contribution < -0.4 is 0 Å². The Hall–Kier alpha value is -1.03. The first kappa shape index (κ1) is 5.73. The zero-order valence-corrected chi connectivity index (χ0v) is 5.11. The number of epoxide rings is 1. The summed E-state index contributed by atoms with van der Waals surface area (Å²) in [5.74, 6) is -0.714. The Balaban J connectivity index is 2.12. The van der Waals surface area contributed by atoms with Gasteiger partial charge in [0.25, 0.3) is 6.29 Å². The highest BCUT2D eigenvalue weighted by atomic mass is 16.8. The Labute approximate surface area is 57.0 Å². The molecule has 4 heteroatoms. The van der Waals surface area contributed by atoms with Gasteiger partial charge in [0.05, 0.1) is 6.61 Å². The summed E-state index contributed by atoms with van der Waals surface area (Å²) < 4.78 is 9.79. The highest BCUT2D eigenvalue weighted by Crippen LogP contribution is 2.33. The molecule has 2 atom stereocenters. The Bertz CT molecular complexity index is 208. The highest BCUT2D eigenvalue weighted by molar-refractivity contribution is 5.72. The van der Waals surface area contributed by atoms with Crippen LogP contribution in [0.3, 0.4) is 0 Å². The molecule has 4 nitrogen and oxygen atoms in total. The molecule has 0 aromatic carbocycles. The number of rotatable bonds is 1. The van der Waals surface area contributed by atoms with Gasteiger partial charge in [-0.1, -0.05) is 0 Å². The van der Waals surface area contributed by atoms with Crippen LogP contribution in [-0.4, -0.2) is 24.0 Å². The molecule has 2 aliphatic rings. The predicted octanol–water partition coefficient (Wildman–Crippen LogP) is -0.0424. The summed E-state index contributed by atoms with van der Waals surface area (Å²) in [5, 5.41) is 8.49. The summed E-state index contributed by atoms with van der Waals surface area (Å²) in [7, 11) is 0. The van der Waals surface area contributed by atoms with Gasteiger partial charge in [0.2, 0.25) is 0 Å². The van der Waals surface area contributed by atoms with Crippen molar-refractivity contribution in [3.63, 3.8) is 0 Å². The third-order valence-corrected chi connectivity index (χ3v) is 1.53. The molecule has 0 aromatic heterocycles. The predicted molar refractivity (Wildman–Crippen MR) is 30.0 cm³/mol. The Morgan fingerprint density at radius 2 is 2.60 bits per heavy atom. The fraction of sp³-hybridized carbons (Fsp3) is 0.500. The number of hydrogen-bond donors (Lipinski definition) is 1. The summed E-state index contributed by atoms with van der Waals surface area (Å²) in [6.45, 7) is 0.226. The van der Waals surface area contributed by atoms with E-state index in [-0.39, 0.29) is 12.9 Å². The molecule has 0 spiro atoms. The van der Waals surface area contributed by atoms with Crippen molar-refractivity contribution in [1.82, 2.24) is 0 Å². The number of carboxylic acid groups (broad SMARTS) is 1. The molecule has 54 valence electrons. The van der Waals surface area contributed by atoms with Crippen LogP contribution in [0.2, 0.25) is 0 Å². The molecule has 0 amide bonds. The first-order valence-electron chi connectivity index (χ1n) is 3.00. The van der Waals surface area contributed by atoms with Gasteiger partial charge in [0.1, 0.15) is 5.92 Å². The van der Waals surface area contributed by atoms with Gasteiger partial charge in [-0.05, 0) is 6.08 Å². The van der Waals surface area contributed by atoms with E-state index in [1.165, 1.54) is 0 Å².